The minimum atomic E-state index is 1.64. The normalized spacial score (nSPS) is 6.22. The molecular weight excluding hydrogens is 112 g/mol. The topological polar surface area (TPSA) is 25.8 Å². The van der Waals surface area contributed by atoms with E-state index in [0.29, 0.717) is 0 Å². The molecular formula is C7H8N2. The molecule has 0 aliphatic rings. The van der Waals surface area contributed by atoms with Crippen molar-refractivity contribution in [2.45, 2.75) is 6.92 Å². The fraction of sp³-hybridized carbons (Fsp3) is 0.143. The van der Waals surface area contributed by atoms with Crippen molar-refractivity contribution in [3.63, 3.8) is 0 Å². The van der Waals surface area contributed by atoms with Gasteiger partial charge in [0.05, 0.1) is 0 Å². The molecule has 0 atom stereocenters. The highest BCUT2D eigenvalue weighted by molar-refractivity contribution is 4.79. The molecule has 1 heterocycles. The molecule has 1 aromatic heterocycles. The van der Waals surface area contributed by atoms with Gasteiger partial charge in [-0.25, -0.2) is 0 Å². The Kier molecular flexibility index (Phi) is 5.64. The first-order valence-corrected chi connectivity index (χ1v) is 2.51. The lowest BCUT2D eigenvalue weighted by molar-refractivity contribution is 1.03. The van der Waals surface area contributed by atoms with Gasteiger partial charge in [0.25, 0.3) is 0 Å². The SMILES string of the molecule is C#CC.c1ccnnc1. The van der Waals surface area contributed by atoms with Crippen molar-refractivity contribution in [3.8, 4) is 12.3 Å². The van der Waals surface area contributed by atoms with Crippen molar-refractivity contribution in [1.82, 2.24) is 10.2 Å². The van der Waals surface area contributed by atoms with E-state index in [4.69, 9.17) is 0 Å². The first-order valence-electron chi connectivity index (χ1n) is 2.51. The highest BCUT2D eigenvalue weighted by Gasteiger charge is 1.59. The van der Waals surface area contributed by atoms with Crippen LogP contribution in [0, 0.1) is 12.3 Å². The summed E-state index contributed by atoms with van der Waals surface area (Å²) >= 11 is 0. The van der Waals surface area contributed by atoms with Gasteiger partial charge in [0.2, 0.25) is 0 Å². The molecule has 2 heteroatoms. The molecule has 0 aliphatic carbocycles. The summed E-state index contributed by atoms with van der Waals surface area (Å²) in [6, 6.07) is 3.65. The van der Waals surface area contributed by atoms with Crippen LogP contribution in [-0.4, -0.2) is 10.2 Å². The van der Waals surface area contributed by atoms with E-state index in [-0.39, 0.29) is 0 Å². The van der Waals surface area contributed by atoms with Gasteiger partial charge in [-0.2, -0.15) is 10.2 Å². The maximum absolute atomic E-state index is 4.60. The molecule has 0 aromatic carbocycles. The monoisotopic (exact) mass is 120 g/mol. The van der Waals surface area contributed by atoms with E-state index in [2.05, 4.69) is 22.5 Å². The zero-order valence-corrected chi connectivity index (χ0v) is 5.28. The van der Waals surface area contributed by atoms with E-state index in [1.54, 1.807) is 19.3 Å². The lowest BCUT2D eigenvalue weighted by atomic mass is 10.6. The Bertz CT molecular complexity index is 137. The van der Waals surface area contributed by atoms with Gasteiger partial charge in [0, 0.05) is 12.4 Å². The second-order valence-electron chi connectivity index (χ2n) is 1.20. The Balaban J connectivity index is 0.000000187. The third-order valence-corrected chi connectivity index (χ3v) is 0.483. The van der Waals surface area contributed by atoms with Crippen molar-refractivity contribution in [3.05, 3.63) is 24.5 Å². The zero-order valence-electron chi connectivity index (χ0n) is 5.28. The van der Waals surface area contributed by atoms with Crippen LogP contribution in [0.25, 0.3) is 0 Å². The number of aromatic nitrogens is 2. The standard InChI is InChI=1S/C4H4N2.C3H4/c1-2-4-6-5-3-1;1-3-2/h1-4H;1H,2H3. The van der Waals surface area contributed by atoms with Gasteiger partial charge in [-0.1, -0.05) is 0 Å². The number of hydrogen-bond donors (Lipinski definition) is 0. The van der Waals surface area contributed by atoms with Crippen molar-refractivity contribution < 1.29 is 0 Å². The van der Waals surface area contributed by atoms with Gasteiger partial charge in [0.1, 0.15) is 0 Å². The molecule has 2 nitrogen and oxygen atoms in total. The molecule has 0 saturated heterocycles. The summed E-state index contributed by atoms with van der Waals surface area (Å²) in [4.78, 5) is 0. The molecule has 1 aromatic rings. The summed E-state index contributed by atoms with van der Waals surface area (Å²) in [6.45, 7) is 1.65. The Morgan fingerprint density at radius 1 is 1.22 bits per heavy atom. The molecule has 0 spiro atoms. The fourth-order valence-electron chi connectivity index (χ4n) is 0.253. The van der Waals surface area contributed by atoms with Gasteiger partial charge in [-0.15, -0.1) is 12.3 Å². The number of terminal acetylenes is 1. The van der Waals surface area contributed by atoms with Gasteiger partial charge < -0.3 is 0 Å². The highest BCUT2D eigenvalue weighted by atomic mass is 15.1. The molecule has 0 aliphatic heterocycles. The van der Waals surface area contributed by atoms with Gasteiger partial charge in [-0.05, 0) is 19.1 Å². The molecule has 46 valence electrons. The van der Waals surface area contributed by atoms with Crippen LogP contribution in [-0.2, 0) is 0 Å². The maximum atomic E-state index is 4.60. The fourth-order valence-corrected chi connectivity index (χ4v) is 0.253. The first kappa shape index (κ1) is 7.64. The van der Waals surface area contributed by atoms with Gasteiger partial charge in [0.15, 0.2) is 0 Å². The molecule has 9 heavy (non-hydrogen) atoms. The number of rotatable bonds is 0. The summed E-state index contributed by atoms with van der Waals surface area (Å²) in [5.41, 5.74) is 0. The summed E-state index contributed by atoms with van der Waals surface area (Å²) < 4.78 is 0. The summed E-state index contributed by atoms with van der Waals surface area (Å²) in [7, 11) is 0. The molecule has 0 fully saturated rings. The van der Waals surface area contributed by atoms with Crippen LogP contribution in [0.1, 0.15) is 6.92 Å². The lowest BCUT2D eigenvalue weighted by Crippen LogP contribution is -1.69. The van der Waals surface area contributed by atoms with E-state index in [1.807, 2.05) is 12.1 Å². The molecule has 0 radical (unpaired) electrons. The average Bonchev–Trinajstić information content (AvgIpc) is 1.93. The van der Waals surface area contributed by atoms with E-state index < -0.39 is 0 Å². The lowest BCUT2D eigenvalue weighted by Gasteiger charge is -1.69. The Morgan fingerprint density at radius 2 is 1.56 bits per heavy atom. The molecule has 0 saturated carbocycles. The van der Waals surface area contributed by atoms with E-state index in [0.717, 1.165) is 0 Å². The molecule has 0 unspecified atom stereocenters. The van der Waals surface area contributed by atoms with Crippen molar-refractivity contribution in [2.24, 2.45) is 0 Å². The second kappa shape index (κ2) is 6.64. The van der Waals surface area contributed by atoms with Crippen LogP contribution < -0.4 is 0 Å². The van der Waals surface area contributed by atoms with Crippen LogP contribution >= 0.6 is 0 Å². The quantitative estimate of drug-likeness (QED) is 0.479. The Morgan fingerprint density at radius 3 is 1.67 bits per heavy atom. The van der Waals surface area contributed by atoms with E-state index >= 15 is 0 Å². The minimum absolute atomic E-state index is 1.64. The largest absolute Gasteiger partial charge is 0.159 e. The summed E-state index contributed by atoms with van der Waals surface area (Å²) in [5.74, 6) is 2.25. The summed E-state index contributed by atoms with van der Waals surface area (Å²) in [5, 5.41) is 7.07. The van der Waals surface area contributed by atoms with Crippen LogP contribution in [0.3, 0.4) is 0 Å². The third-order valence-electron chi connectivity index (χ3n) is 0.483. The van der Waals surface area contributed by atoms with Gasteiger partial charge >= 0.3 is 0 Å². The predicted molar refractivity (Wildman–Crippen MR) is 36.5 cm³/mol. The predicted octanol–water partition coefficient (Wildman–Crippen LogP) is 1.12. The Labute approximate surface area is 54.9 Å². The van der Waals surface area contributed by atoms with Gasteiger partial charge in [-0.3, -0.25) is 0 Å². The molecule has 0 amide bonds. The molecule has 0 bridgehead atoms. The average molecular weight is 120 g/mol. The van der Waals surface area contributed by atoms with Crippen LogP contribution in [0.15, 0.2) is 24.5 Å². The maximum Gasteiger partial charge on any atom is 0.0496 e. The highest BCUT2D eigenvalue weighted by Crippen LogP contribution is 1.68. The van der Waals surface area contributed by atoms with E-state index in [1.165, 1.54) is 0 Å². The first-order chi connectivity index (χ1) is 4.41. The van der Waals surface area contributed by atoms with Crippen molar-refractivity contribution in [2.75, 3.05) is 0 Å². The minimum Gasteiger partial charge on any atom is -0.159 e. The van der Waals surface area contributed by atoms with Crippen LogP contribution in [0.2, 0.25) is 0 Å². The second-order valence-corrected chi connectivity index (χ2v) is 1.20. The van der Waals surface area contributed by atoms with Crippen molar-refractivity contribution in [1.29, 1.82) is 0 Å². The van der Waals surface area contributed by atoms with Crippen LogP contribution in [0.5, 0.6) is 0 Å². The smallest absolute Gasteiger partial charge is 0.0496 e. The van der Waals surface area contributed by atoms with Crippen LogP contribution in [0.4, 0.5) is 0 Å². The molecule has 1 rings (SSSR count). The summed E-state index contributed by atoms with van der Waals surface area (Å²) in [6.07, 6.45) is 7.88. The van der Waals surface area contributed by atoms with E-state index in [9.17, 15) is 0 Å². The zero-order chi connectivity index (χ0) is 6.95. The third kappa shape index (κ3) is 6.64. The molecule has 0 N–H and O–H groups in total. The Hall–Kier alpha value is -1.36. The number of hydrogen-bond acceptors (Lipinski definition) is 2. The van der Waals surface area contributed by atoms with Crippen molar-refractivity contribution >= 4 is 0 Å². The number of nitrogens with zero attached hydrogens (tertiary/aromatic N) is 2.